The number of ether oxygens (including phenoxy) is 3. The smallest absolute Gasteiger partial charge is 0.341 e. The normalized spacial score (nSPS) is 10.3. The van der Waals surface area contributed by atoms with Gasteiger partial charge in [-0.1, -0.05) is 12.1 Å². The van der Waals surface area contributed by atoms with E-state index in [1.807, 2.05) is 19.1 Å². The summed E-state index contributed by atoms with van der Waals surface area (Å²) < 4.78 is 16.1. The van der Waals surface area contributed by atoms with Crippen LogP contribution >= 0.6 is 0 Å². The third-order valence-corrected chi connectivity index (χ3v) is 4.31. The molecule has 0 saturated heterocycles. The molecule has 0 fully saturated rings. The Kier molecular flexibility index (Phi) is 7.05. The van der Waals surface area contributed by atoms with Gasteiger partial charge < -0.3 is 24.6 Å². The lowest BCUT2D eigenvalue weighted by Gasteiger charge is -2.14. The van der Waals surface area contributed by atoms with Gasteiger partial charge in [0.15, 0.2) is 17.2 Å². The van der Waals surface area contributed by atoms with Crippen molar-refractivity contribution in [2.45, 2.75) is 13.5 Å². The summed E-state index contributed by atoms with van der Waals surface area (Å²) in [6.07, 6.45) is 3.39. The standard InChI is InChI=1S/C23H22N2O6/c1-3-30-20-12-16(9-10-19(20)31-14-15-6-5-11-24-13-15)22(27)25-18-8-4-7-17(21(18)26)23(28)29-2/h4-13,26H,3,14H2,1-2H3,(H,25,27). The number of amides is 1. The first-order valence-electron chi connectivity index (χ1n) is 9.53. The van der Waals surface area contributed by atoms with Crippen LogP contribution in [0.5, 0.6) is 17.2 Å². The molecule has 160 valence electrons. The van der Waals surface area contributed by atoms with Crippen molar-refractivity contribution in [3.63, 3.8) is 0 Å². The number of esters is 1. The number of benzene rings is 2. The van der Waals surface area contributed by atoms with E-state index < -0.39 is 11.9 Å². The molecule has 0 radical (unpaired) electrons. The summed E-state index contributed by atoms with van der Waals surface area (Å²) in [5, 5.41) is 12.9. The van der Waals surface area contributed by atoms with Crippen LogP contribution in [0.25, 0.3) is 0 Å². The summed E-state index contributed by atoms with van der Waals surface area (Å²) >= 11 is 0. The average Bonchev–Trinajstić information content (AvgIpc) is 2.80. The highest BCUT2D eigenvalue weighted by molar-refractivity contribution is 6.06. The van der Waals surface area contributed by atoms with Gasteiger partial charge in [-0.2, -0.15) is 0 Å². The number of phenolic OH excluding ortho intramolecular Hbond substituents is 1. The number of aromatic nitrogens is 1. The van der Waals surface area contributed by atoms with Gasteiger partial charge in [0.2, 0.25) is 0 Å². The predicted molar refractivity (Wildman–Crippen MR) is 114 cm³/mol. The van der Waals surface area contributed by atoms with E-state index in [2.05, 4.69) is 15.0 Å². The van der Waals surface area contributed by atoms with Crippen LogP contribution in [0, 0.1) is 0 Å². The van der Waals surface area contributed by atoms with E-state index in [0.29, 0.717) is 30.3 Å². The Morgan fingerprint density at radius 3 is 2.61 bits per heavy atom. The maximum absolute atomic E-state index is 12.7. The number of rotatable bonds is 8. The lowest BCUT2D eigenvalue weighted by molar-refractivity contribution is 0.0597. The highest BCUT2D eigenvalue weighted by Gasteiger charge is 2.18. The molecule has 8 nitrogen and oxygen atoms in total. The molecule has 0 spiro atoms. The van der Waals surface area contributed by atoms with Gasteiger partial charge in [0.25, 0.3) is 5.91 Å². The van der Waals surface area contributed by atoms with Crippen LogP contribution < -0.4 is 14.8 Å². The molecule has 0 atom stereocenters. The molecule has 0 aliphatic carbocycles. The second-order valence-corrected chi connectivity index (χ2v) is 6.39. The lowest BCUT2D eigenvalue weighted by atomic mass is 10.1. The molecule has 1 aromatic heterocycles. The Labute approximate surface area is 179 Å². The molecule has 0 aliphatic heterocycles. The molecule has 2 aromatic carbocycles. The largest absolute Gasteiger partial charge is 0.505 e. The van der Waals surface area contributed by atoms with E-state index in [4.69, 9.17) is 9.47 Å². The summed E-state index contributed by atoms with van der Waals surface area (Å²) in [5.74, 6) is -0.673. The van der Waals surface area contributed by atoms with Gasteiger partial charge in [0, 0.05) is 23.5 Å². The van der Waals surface area contributed by atoms with Crippen LogP contribution in [0.15, 0.2) is 60.9 Å². The fourth-order valence-electron chi connectivity index (χ4n) is 2.79. The van der Waals surface area contributed by atoms with E-state index in [1.54, 1.807) is 30.6 Å². The van der Waals surface area contributed by atoms with Crippen molar-refractivity contribution in [2.24, 2.45) is 0 Å². The second-order valence-electron chi connectivity index (χ2n) is 6.39. The summed E-state index contributed by atoms with van der Waals surface area (Å²) in [7, 11) is 1.21. The Morgan fingerprint density at radius 1 is 1.06 bits per heavy atom. The fourth-order valence-corrected chi connectivity index (χ4v) is 2.79. The van der Waals surface area contributed by atoms with Crippen LogP contribution in [-0.4, -0.2) is 35.7 Å². The third-order valence-electron chi connectivity index (χ3n) is 4.31. The SMILES string of the molecule is CCOc1cc(C(=O)Nc2cccc(C(=O)OC)c2O)ccc1OCc1cccnc1. The quantitative estimate of drug-likeness (QED) is 0.420. The highest BCUT2D eigenvalue weighted by atomic mass is 16.5. The van der Waals surface area contributed by atoms with Crippen LogP contribution in [0.4, 0.5) is 5.69 Å². The summed E-state index contributed by atoms with van der Waals surface area (Å²) in [5.41, 5.74) is 1.23. The van der Waals surface area contributed by atoms with E-state index in [9.17, 15) is 14.7 Å². The van der Waals surface area contributed by atoms with Crippen LogP contribution in [0.3, 0.4) is 0 Å². The van der Waals surface area contributed by atoms with Crippen molar-refractivity contribution < 1.29 is 28.9 Å². The number of carbonyl (C=O) groups excluding carboxylic acids is 2. The molecule has 0 unspecified atom stereocenters. The van der Waals surface area contributed by atoms with Crippen molar-refractivity contribution in [1.29, 1.82) is 0 Å². The molecule has 1 amide bonds. The molecular weight excluding hydrogens is 400 g/mol. The molecule has 0 aliphatic rings. The van der Waals surface area contributed by atoms with Crippen molar-refractivity contribution in [2.75, 3.05) is 19.0 Å². The molecule has 3 rings (SSSR count). The third kappa shape index (κ3) is 5.30. The zero-order chi connectivity index (χ0) is 22.2. The zero-order valence-corrected chi connectivity index (χ0v) is 17.1. The summed E-state index contributed by atoms with van der Waals surface area (Å²) in [6.45, 7) is 2.51. The minimum atomic E-state index is -0.706. The summed E-state index contributed by atoms with van der Waals surface area (Å²) in [6, 6.07) is 12.9. The fraction of sp³-hybridized carbons (Fsp3) is 0.174. The number of phenols is 1. The van der Waals surface area contributed by atoms with Crippen molar-refractivity contribution in [1.82, 2.24) is 4.98 Å². The molecule has 0 bridgehead atoms. The molecule has 1 heterocycles. The van der Waals surface area contributed by atoms with Crippen LogP contribution in [0.2, 0.25) is 0 Å². The maximum Gasteiger partial charge on any atom is 0.341 e. The van der Waals surface area contributed by atoms with Gasteiger partial charge in [-0.3, -0.25) is 9.78 Å². The van der Waals surface area contributed by atoms with E-state index in [1.165, 1.54) is 25.3 Å². The Balaban J connectivity index is 1.78. The van der Waals surface area contributed by atoms with E-state index in [-0.39, 0.29) is 17.0 Å². The first-order chi connectivity index (χ1) is 15.0. The van der Waals surface area contributed by atoms with Crippen molar-refractivity contribution in [3.8, 4) is 17.2 Å². The van der Waals surface area contributed by atoms with Crippen LogP contribution in [0.1, 0.15) is 33.2 Å². The van der Waals surface area contributed by atoms with Gasteiger partial charge in [-0.05, 0) is 43.3 Å². The molecule has 0 saturated carbocycles. The monoisotopic (exact) mass is 422 g/mol. The molecule has 31 heavy (non-hydrogen) atoms. The topological polar surface area (TPSA) is 107 Å². The molecule has 3 aromatic rings. The van der Waals surface area contributed by atoms with Crippen LogP contribution in [-0.2, 0) is 11.3 Å². The number of para-hydroxylation sites is 1. The Hall–Kier alpha value is -4.07. The first-order valence-corrected chi connectivity index (χ1v) is 9.53. The molecule has 2 N–H and O–H groups in total. The van der Waals surface area contributed by atoms with E-state index in [0.717, 1.165) is 5.56 Å². The number of nitrogens with zero attached hydrogens (tertiary/aromatic N) is 1. The Morgan fingerprint density at radius 2 is 1.90 bits per heavy atom. The lowest BCUT2D eigenvalue weighted by Crippen LogP contribution is -2.13. The average molecular weight is 422 g/mol. The number of methoxy groups -OCH3 is 1. The number of pyridine rings is 1. The van der Waals surface area contributed by atoms with Crippen molar-refractivity contribution >= 4 is 17.6 Å². The van der Waals surface area contributed by atoms with Crippen molar-refractivity contribution in [3.05, 3.63) is 77.6 Å². The number of carbonyl (C=O) groups is 2. The molecular formula is C23H22N2O6. The number of anilines is 1. The number of aromatic hydroxyl groups is 1. The number of hydrogen-bond acceptors (Lipinski definition) is 7. The second kappa shape index (κ2) is 10.1. The van der Waals surface area contributed by atoms with E-state index >= 15 is 0 Å². The van der Waals surface area contributed by atoms with Gasteiger partial charge in [0.1, 0.15) is 12.2 Å². The zero-order valence-electron chi connectivity index (χ0n) is 17.1. The number of hydrogen-bond donors (Lipinski definition) is 2. The first kappa shape index (κ1) is 21.6. The van der Waals surface area contributed by atoms with Gasteiger partial charge in [-0.15, -0.1) is 0 Å². The van der Waals surface area contributed by atoms with Gasteiger partial charge in [-0.25, -0.2) is 4.79 Å². The highest BCUT2D eigenvalue weighted by Crippen LogP contribution is 2.31. The molecule has 8 heteroatoms. The maximum atomic E-state index is 12.7. The minimum Gasteiger partial charge on any atom is -0.505 e. The number of nitrogens with one attached hydrogen (secondary N) is 1. The van der Waals surface area contributed by atoms with Gasteiger partial charge >= 0.3 is 5.97 Å². The predicted octanol–water partition coefficient (Wildman–Crippen LogP) is 3.80. The Bertz CT molecular complexity index is 1070. The minimum absolute atomic E-state index is 0.0468. The van der Waals surface area contributed by atoms with Gasteiger partial charge in [0.05, 0.1) is 19.4 Å². The summed E-state index contributed by atoms with van der Waals surface area (Å²) in [4.78, 5) is 28.5.